The summed E-state index contributed by atoms with van der Waals surface area (Å²) in [5.41, 5.74) is 5.65. The molecule has 1 aromatic rings. The minimum atomic E-state index is -1.56. The maximum absolute atomic E-state index is 13.2. The highest BCUT2D eigenvalue weighted by atomic mass is 35.5. The van der Waals surface area contributed by atoms with Crippen LogP contribution in [0.1, 0.15) is 30.1 Å². The summed E-state index contributed by atoms with van der Waals surface area (Å²) in [7, 11) is 0. The summed E-state index contributed by atoms with van der Waals surface area (Å²) in [6.07, 6.45) is 1.72. The van der Waals surface area contributed by atoms with Crippen LogP contribution in [0.25, 0.3) is 0 Å². The van der Waals surface area contributed by atoms with Crippen LogP contribution in [0, 0.1) is 23.4 Å². The van der Waals surface area contributed by atoms with E-state index < -0.39 is 23.4 Å². The van der Waals surface area contributed by atoms with Gasteiger partial charge in [0.1, 0.15) is 0 Å². The Kier molecular flexibility index (Phi) is 6.04. The molecule has 118 valence electrons. The van der Waals surface area contributed by atoms with Gasteiger partial charge in [-0.3, -0.25) is 4.79 Å². The standard InChI is InChI=1S/C14H17F3N2O.ClH/c1-8(18)9-3-2-4-19(7-9)14(20)10-5-11(15)13(17)12(16)6-10;/h5-6,8-9H,2-4,7,18H2,1H3;1H. The zero-order valence-electron chi connectivity index (χ0n) is 11.6. The van der Waals surface area contributed by atoms with E-state index in [0.717, 1.165) is 25.0 Å². The van der Waals surface area contributed by atoms with Crippen molar-refractivity contribution < 1.29 is 18.0 Å². The van der Waals surface area contributed by atoms with Gasteiger partial charge in [0.05, 0.1) is 0 Å². The largest absolute Gasteiger partial charge is 0.338 e. The average molecular weight is 323 g/mol. The highest BCUT2D eigenvalue weighted by Gasteiger charge is 2.27. The molecule has 21 heavy (non-hydrogen) atoms. The van der Waals surface area contributed by atoms with E-state index in [1.165, 1.54) is 4.90 Å². The molecule has 3 nitrogen and oxygen atoms in total. The molecule has 1 saturated heterocycles. The summed E-state index contributed by atoms with van der Waals surface area (Å²) < 4.78 is 39.2. The van der Waals surface area contributed by atoms with Gasteiger partial charge in [0.2, 0.25) is 0 Å². The second-order valence-electron chi connectivity index (χ2n) is 5.27. The lowest BCUT2D eigenvalue weighted by atomic mass is 9.92. The molecule has 1 aliphatic rings. The van der Waals surface area contributed by atoms with Gasteiger partial charge in [0.15, 0.2) is 17.5 Å². The van der Waals surface area contributed by atoms with Crippen molar-refractivity contribution in [2.75, 3.05) is 13.1 Å². The second kappa shape index (κ2) is 7.13. The maximum Gasteiger partial charge on any atom is 0.254 e. The third-order valence-electron chi connectivity index (χ3n) is 3.72. The van der Waals surface area contributed by atoms with Gasteiger partial charge in [-0.15, -0.1) is 12.4 Å². The predicted octanol–water partition coefficient (Wildman–Crippen LogP) is 2.73. The SMILES string of the molecule is CC(N)C1CCCN(C(=O)c2cc(F)c(F)c(F)c2)C1.Cl. The first-order chi connectivity index (χ1) is 9.40. The summed E-state index contributed by atoms with van der Waals surface area (Å²) in [6, 6.07) is 1.42. The van der Waals surface area contributed by atoms with E-state index >= 15 is 0 Å². The Morgan fingerprint density at radius 3 is 2.43 bits per heavy atom. The van der Waals surface area contributed by atoms with Crippen LogP contribution in [0.3, 0.4) is 0 Å². The number of amides is 1. The normalized spacial score (nSPS) is 19.9. The fraction of sp³-hybridized carbons (Fsp3) is 0.500. The van der Waals surface area contributed by atoms with Crippen molar-refractivity contribution in [3.8, 4) is 0 Å². The lowest BCUT2D eigenvalue weighted by molar-refractivity contribution is 0.0659. The smallest absolute Gasteiger partial charge is 0.254 e. The van der Waals surface area contributed by atoms with Crippen LogP contribution in [0.4, 0.5) is 13.2 Å². The van der Waals surface area contributed by atoms with Crippen molar-refractivity contribution in [3.05, 3.63) is 35.1 Å². The van der Waals surface area contributed by atoms with Crippen molar-refractivity contribution in [3.63, 3.8) is 0 Å². The molecule has 0 aliphatic carbocycles. The van der Waals surface area contributed by atoms with Gasteiger partial charge in [0.25, 0.3) is 5.91 Å². The molecule has 2 N–H and O–H groups in total. The van der Waals surface area contributed by atoms with E-state index in [1.54, 1.807) is 0 Å². The first-order valence-electron chi connectivity index (χ1n) is 6.59. The van der Waals surface area contributed by atoms with Crippen LogP contribution >= 0.6 is 12.4 Å². The molecule has 7 heteroatoms. The van der Waals surface area contributed by atoms with Crippen LogP contribution < -0.4 is 5.73 Å². The van der Waals surface area contributed by atoms with E-state index in [-0.39, 0.29) is 29.9 Å². The van der Waals surface area contributed by atoms with Gasteiger partial charge in [0, 0.05) is 24.7 Å². The summed E-state index contributed by atoms with van der Waals surface area (Å²) in [4.78, 5) is 13.7. The monoisotopic (exact) mass is 322 g/mol. The summed E-state index contributed by atoms with van der Waals surface area (Å²) in [6.45, 7) is 2.84. The van der Waals surface area contributed by atoms with Crippen LogP contribution in [-0.2, 0) is 0 Å². The Hall–Kier alpha value is -1.27. The van der Waals surface area contributed by atoms with Crippen LogP contribution in [0.15, 0.2) is 12.1 Å². The Bertz CT molecular complexity index is 502. The van der Waals surface area contributed by atoms with Crippen LogP contribution in [-0.4, -0.2) is 29.9 Å². The molecule has 1 aromatic carbocycles. The van der Waals surface area contributed by atoms with Gasteiger partial charge in [-0.2, -0.15) is 0 Å². The first-order valence-corrected chi connectivity index (χ1v) is 6.59. The zero-order valence-corrected chi connectivity index (χ0v) is 12.4. The number of hydrogen-bond acceptors (Lipinski definition) is 2. The van der Waals surface area contributed by atoms with Crippen molar-refractivity contribution in [1.82, 2.24) is 4.90 Å². The van der Waals surface area contributed by atoms with Crippen molar-refractivity contribution >= 4 is 18.3 Å². The summed E-state index contributed by atoms with van der Waals surface area (Å²) in [5.74, 6) is -4.59. The first kappa shape index (κ1) is 17.8. The topological polar surface area (TPSA) is 46.3 Å². The second-order valence-corrected chi connectivity index (χ2v) is 5.27. The van der Waals surface area contributed by atoms with Gasteiger partial charge in [-0.25, -0.2) is 13.2 Å². The van der Waals surface area contributed by atoms with Crippen molar-refractivity contribution in [2.45, 2.75) is 25.8 Å². The molecule has 0 spiro atoms. The zero-order chi connectivity index (χ0) is 14.9. The fourth-order valence-corrected chi connectivity index (χ4v) is 2.49. The van der Waals surface area contributed by atoms with E-state index in [0.29, 0.717) is 13.1 Å². The Morgan fingerprint density at radius 2 is 1.90 bits per heavy atom. The number of benzene rings is 1. The van der Waals surface area contributed by atoms with E-state index in [9.17, 15) is 18.0 Å². The highest BCUT2D eigenvalue weighted by molar-refractivity contribution is 5.94. The van der Waals surface area contributed by atoms with Crippen molar-refractivity contribution in [1.29, 1.82) is 0 Å². The molecule has 2 rings (SSSR count). The minimum absolute atomic E-state index is 0. The van der Waals surface area contributed by atoms with E-state index in [2.05, 4.69) is 0 Å². The molecule has 1 amide bonds. The molecular formula is C14H18ClF3N2O. The quantitative estimate of drug-likeness (QED) is 0.851. The van der Waals surface area contributed by atoms with Crippen LogP contribution in [0.5, 0.6) is 0 Å². The maximum atomic E-state index is 13.2. The number of nitrogens with zero attached hydrogens (tertiary/aromatic N) is 1. The number of nitrogens with two attached hydrogens (primary N) is 1. The molecule has 1 aliphatic heterocycles. The lowest BCUT2D eigenvalue weighted by Gasteiger charge is -2.34. The number of hydrogen-bond donors (Lipinski definition) is 1. The fourth-order valence-electron chi connectivity index (χ4n) is 2.49. The Labute approximate surface area is 127 Å². The third-order valence-corrected chi connectivity index (χ3v) is 3.72. The lowest BCUT2D eigenvalue weighted by Crippen LogP contribution is -2.45. The average Bonchev–Trinajstić information content (AvgIpc) is 2.43. The van der Waals surface area contributed by atoms with Gasteiger partial charge in [-0.05, 0) is 37.8 Å². The predicted molar refractivity (Wildman–Crippen MR) is 75.8 cm³/mol. The number of rotatable bonds is 2. The molecule has 0 saturated carbocycles. The Balaban J connectivity index is 0.00000220. The van der Waals surface area contributed by atoms with Gasteiger partial charge in [-0.1, -0.05) is 0 Å². The minimum Gasteiger partial charge on any atom is -0.338 e. The van der Waals surface area contributed by atoms with Gasteiger partial charge >= 0.3 is 0 Å². The molecule has 0 radical (unpaired) electrons. The molecule has 1 heterocycles. The van der Waals surface area contributed by atoms with E-state index in [1.807, 2.05) is 6.92 Å². The molecule has 0 aromatic heterocycles. The highest BCUT2D eigenvalue weighted by Crippen LogP contribution is 2.22. The van der Waals surface area contributed by atoms with Crippen molar-refractivity contribution in [2.24, 2.45) is 11.7 Å². The molecular weight excluding hydrogens is 305 g/mol. The number of carbonyl (C=O) groups excluding carboxylic acids is 1. The number of piperidine rings is 1. The molecule has 0 bridgehead atoms. The number of likely N-dealkylation sites (tertiary alicyclic amines) is 1. The van der Waals surface area contributed by atoms with Gasteiger partial charge < -0.3 is 10.6 Å². The number of halogens is 4. The summed E-state index contributed by atoms with van der Waals surface area (Å²) in [5, 5.41) is 0. The Morgan fingerprint density at radius 1 is 1.33 bits per heavy atom. The molecule has 2 atom stereocenters. The molecule has 2 unspecified atom stereocenters. The molecule has 1 fully saturated rings. The van der Waals surface area contributed by atoms with E-state index in [4.69, 9.17) is 5.73 Å². The number of carbonyl (C=O) groups is 1. The van der Waals surface area contributed by atoms with Crippen LogP contribution in [0.2, 0.25) is 0 Å². The summed E-state index contributed by atoms with van der Waals surface area (Å²) >= 11 is 0. The third kappa shape index (κ3) is 3.89.